The number of carbonyl (C=O) groups excluding carboxylic acids is 1. The zero-order valence-corrected chi connectivity index (χ0v) is 18.5. The molecule has 2 aliphatic rings. The van der Waals surface area contributed by atoms with Gasteiger partial charge >= 0.3 is 5.97 Å². The van der Waals surface area contributed by atoms with Gasteiger partial charge in [0.15, 0.2) is 6.10 Å². The van der Waals surface area contributed by atoms with Gasteiger partial charge in [-0.3, -0.25) is 0 Å². The first-order valence-electron chi connectivity index (χ1n) is 10.4. The number of ether oxygens (including phenoxy) is 2. The van der Waals surface area contributed by atoms with E-state index >= 15 is 0 Å². The molecular formula is C25H36O4. The average molecular weight is 401 g/mol. The zero-order valence-electron chi connectivity index (χ0n) is 18.5. The summed E-state index contributed by atoms with van der Waals surface area (Å²) in [7, 11) is 0. The molecule has 0 unspecified atom stereocenters. The van der Waals surface area contributed by atoms with Crippen LogP contribution in [0.5, 0.6) is 0 Å². The lowest BCUT2D eigenvalue weighted by molar-refractivity contribution is -0.143. The van der Waals surface area contributed by atoms with Gasteiger partial charge in [-0.05, 0) is 70.4 Å². The van der Waals surface area contributed by atoms with E-state index in [2.05, 4.69) is 31.7 Å². The summed E-state index contributed by atoms with van der Waals surface area (Å²) >= 11 is 0. The Morgan fingerprint density at radius 2 is 2.10 bits per heavy atom. The number of hydrogen-bond acceptors (Lipinski definition) is 4. The highest BCUT2D eigenvalue weighted by Crippen LogP contribution is 2.45. The highest BCUT2D eigenvalue weighted by atomic mass is 16.6. The number of hydrogen-bond donors (Lipinski definition) is 1. The van der Waals surface area contributed by atoms with Crippen molar-refractivity contribution in [1.82, 2.24) is 0 Å². The normalized spacial score (nSPS) is 34.9. The third-order valence-corrected chi connectivity index (χ3v) is 5.64. The number of esters is 1. The summed E-state index contributed by atoms with van der Waals surface area (Å²) < 4.78 is 11.8. The topological polar surface area (TPSA) is 59.1 Å². The van der Waals surface area contributed by atoms with Crippen molar-refractivity contribution in [1.29, 1.82) is 0 Å². The molecule has 1 aliphatic carbocycles. The molecule has 4 atom stereocenters. The van der Waals surface area contributed by atoms with Crippen LogP contribution in [-0.4, -0.2) is 35.5 Å². The van der Waals surface area contributed by atoms with E-state index in [1.165, 1.54) is 6.08 Å². The molecule has 0 spiro atoms. The molecule has 29 heavy (non-hydrogen) atoms. The Morgan fingerprint density at radius 1 is 1.38 bits per heavy atom. The predicted octanol–water partition coefficient (Wildman–Crippen LogP) is 5.21. The van der Waals surface area contributed by atoms with Crippen molar-refractivity contribution in [3.05, 3.63) is 59.8 Å². The fraction of sp³-hybridized carbons (Fsp3) is 0.560. The Balaban J connectivity index is 2.32. The van der Waals surface area contributed by atoms with Crippen molar-refractivity contribution < 1.29 is 19.4 Å². The first-order chi connectivity index (χ1) is 13.6. The van der Waals surface area contributed by atoms with E-state index in [1.807, 2.05) is 39.8 Å². The van der Waals surface area contributed by atoms with Crippen molar-refractivity contribution >= 4 is 5.97 Å². The van der Waals surface area contributed by atoms with Crippen LogP contribution in [0.15, 0.2) is 59.8 Å². The minimum Gasteiger partial charge on any atom is -0.452 e. The molecule has 1 aliphatic heterocycles. The van der Waals surface area contributed by atoms with Gasteiger partial charge < -0.3 is 14.6 Å². The van der Waals surface area contributed by atoms with Crippen molar-refractivity contribution in [2.24, 2.45) is 5.41 Å². The van der Waals surface area contributed by atoms with Crippen molar-refractivity contribution in [2.75, 3.05) is 6.61 Å². The first-order valence-corrected chi connectivity index (χ1v) is 10.4. The number of rotatable bonds is 6. The van der Waals surface area contributed by atoms with Crippen molar-refractivity contribution in [3.63, 3.8) is 0 Å². The van der Waals surface area contributed by atoms with E-state index in [0.717, 1.165) is 42.4 Å². The second kappa shape index (κ2) is 9.73. The SMILES string of the molecule is C=C(C)/C=C/C[C@@]1(C)/C=C/[C@@H](OC(=O)C=C(C)C)[C@]2(C)O[C@H]2CC/C(CO)=C/C1. The van der Waals surface area contributed by atoms with Gasteiger partial charge in [-0.25, -0.2) is 4.79 Å². The van der Waals surface area contributed by atoms with Crippen LogP contribution >= 0.6 is 0 Å². The van der Waals surface area contributed by atoms with E-state index < -0.39 is 11.7 Å². The summed E-state index contributed by atoms with van der Waals surface area (Å²) in [5, 5.41) is 9.75. The Hall–Kier alpha value is -1.91. The third-order valence-electron chi connectivity index (χ3n) is 5.64. The van der Waals surface area contributed by atoms with E-state index in [0.29, 0.717) is 0 Å². The monoisotopic (exact) mass is 400 g/mol. The van der Waals surface area contributed by atoms with Gasteiger partial charge in [-0.1, -0.05) is 49.0 Å². The van der Waals surface area contributed by atoms with E-state index in [-0.39, 0.29) is 24.1 Å². The van der Waals surface area contributed by atoms with Gasteiger partial charge in [-0.2, -0.15) is 0 Å². The van der Waals surface area contributed by atoms with Gasteiger partial charge in [0.2, 0.25) is 0 Å². The molecule has 160 valence electrons. The van der Waals surface area contributed by atoms with Crippen LogP contribution in [0.4, 0.5) is 0 Å². The number of aliphatic hydroxyl groups excluding tert-OH is 1. The largest absolute Gasteiger partial charge is 0.452 e. The Kier molecular flexibility index (Phi) is 7.84. The second-order valence-electron chi connectivity index (χ2n) is 9.10. The minimum atomic E-state index is -0.527. The molecule has 0 bridgehead atoms. The molecule has 1 N–H and O–H groups in total. The summed E-state index contributed by atoms with van der Waals surface area (Å²) in [5.41, 5.74) is 2.25. The maximum atomic E-state index is 12.3. The van der Waals surface area contributed by atoms with Gasteiger partial charge in [0.1, 0.15) is 5.60 Å². The molecule has 0 aromatic heterocycles. The molecule has 1 saturated heterocycles. The van der Waals surface area contributed by atoms with E-state index in [1.54, 1.807) is 0 Å². The van der Waals surface area contributed by atoms with Crippen LogP contribution in [0.1, 0.15) is 60.3 Å². The number of epoxide rings is 1. The van der Waals surface area contributed by atoms with Crippen LogP contribution in [0.3, 0.4) is 0 Å². The van der Waals surface area contributed by atoms with Crippen molar-refractivity contribution in [2.45, 2.75) is 78.1 Å². The third kappa shape index (κ3) is 6.83. The maximum absolute atomic E-state index is 12.3. The van der Waals surface area contributed by atoms with E-state index in [9.17, 15) is 9.90 Å². The molecule has 1 fully saturated rings. The summed E-state index contributed by atoms with van der Waals surface area (Å²) in [6.07, 6.45) is 14.7. The summed E-state index contributed by atoms with van der Waals surface area (Å²) in [4.78, 5) is 12.3. The Bertz CT molecular complexity index is 738. The zero-order chi connectivity index (χ0) is 21.7. The summed E-state index contributed by atoms with van der Waals surface area (Å²) in [6.45, 7) is 13.9. The van der Waals surface area contributed by atoms with Crippen LogP contribution < -0.4 is 0 Å². The molecule has 0 saturated carbocycles. The quantitative estimate of drug-likeness (QED) is 0.219. The van der Waals surface area contributed by atoms with Crippen LogP contribution in [0, 0.1) is 5.41 Å². The molecule has 0 aromatic rings. The second-order valence-corrected chi connectivity index (χ2v) is 9.10. The smallest absolute Gasteiger partial charge is 0.331 e. The van der Waals surface area contributed by atoms with Crippen LogP contribution in [0.25, 0.3) is 0 Å². The van der Waals surface area contributed by atoms with Crippen LogP contribution in [-0.2, 0) is 14.3 Å². The van der Waals surface area contributed by atoms with E-state index in [4.69, 9.17) is 9.47 Å². The molecule has 0 aromatic carbocycles. The Labute approximate surface area is 175 Å². The number of carbonyl (C=O) groups is 1. The van der Waals surface area contributed by atoms with Crippen molar-refractivity contribution in [3.8, 4) is 0 Å². The summed E-state index contributed by atoms with van der Waals surface area (Å²) in [6, 6.07) is 0. The molecule has 0 radical (unpaired) electrons. The highest BCUT2D eigenvalue weighted by molar-refractivity contribution is 5.83. The molecule has 0 amide bonds. The minimum absolute atomic E-state index is 0.0132. The van der Waals surface area contributed by atoms with Crippen LogP contribution in [0.2, 0.25) is 0 Å². The molecular weight excluding hydrogens is 364 g/mol. The van der Waals surface area contributed by atoms with Gasteiger partial charge in [0.05, 0.1) is 12.7 Å². The van der Waals surface area contributed by atoms with Gasteiger partial charge in [0, 0.05) is 6.08 Å². The lowest BCUT2D eigenvalue weighted by atomic mass is 9.81. The average Bonchev–Trinajstić information content (AvgIpc) is 3.28. The molecule has 1 heterocycles. The van der Waals surface area contributed by atoms with Gasteiger partial charge in [-0.15, -0.1) is 0 Å². The maximum Gasteiger partial charge on any atom is 0.331 e. The summed E-state index contributed by atoms with van der Waals surface area (Å²) in [5.74, 6) is -0.344. The Morgan fingerprint density at radius 3 is 2.72 bits per heavy atom. The fourth-order valence-corrected chi connectivity index (χ4v) is 3.62. The number of fused-ring (bicyclic) bond motifs is 1. The predicted molar refractivity (Wildman–Crippen MR) is 117 cm³/mol. The standard InChI is InChI=1S/C25H36O4/c1-18(2)8-7-13-24(5)14-11-20(17-26)9-10-22-25(6,29-22)21(12-15-24)28-23(27)16-19(3)4/h7-8,11-12,15-16,21-22,26H,1,9-10,13-14,17H2,2-6H3/b8-7+,15-12+,20-11-/t21-,22+,24-,25+/m1/s1. The molecule has 2 rings (SSSR count). The number of aliphatic hydroxyl groups is 1. The fourth-order valence-electron chi connectivity index (χ4n) is 3.62. The lowest BCUT2D eigenvalue weighted by Crippen LogP contribution is -2.32. The highest BCUT2D eigenvalue weighted by Gasteiger charge is 2.58. The van der Waals surface area contributed by atoms with Gasteiger partial charge in [0.25, 0.3) is 0 Å². The number of allylic oxidation sites excluding steroid dienone is 6. The first kappa shape index (κ1) is 23.4. The molecule has 4 heteroatoms. The lowest BCUT2D eigenvalue weighted by Gasteiger charge is -2.25. The molecule has 4 nitrogen and oxygen atoms in total.